The number of para-hydroxylation sites is 1. The molecule has 0 bridgehead atoms. The second-order valence-electron chi connectivity index (χ2n) is 7.05. The third-order valence-corrected chi connectivity index (χ3v) is 5.68. The number of benzene rings is 2. The minimum atomic E-state index is 0.0282. The zero-order valence-corrected chi connectivity index (χ0v) is 17.5. The summed E-state index contributed by atoms with van der Waals surface area (Å²) in [7, 11) is 1.59. The molecule has 0 aromatic heterocycles. The minimum absolute atomic E-state index is 0.0282. The fourth-order valence-corrected chi connectivity index (χ4v) is 3.56. The average molecular weight is 403 g/mol. The molecule has 150 valence electrons. The van der Waals surface area contributed by atoms with E-state index in [1.807, 2.05) is 55.1 Å². The Hall–Kier alpha value is -2.24. The molecule has 3 rings (SSSR count). The van der Waals surface area contributed by atoms with Crippen molar-refractivity contribution in [3.63, 3.8) is 0 Å². The molecule has 1 aliphatic heterocycles. The highest BCUT2D eigenvalue weighted by Gasteiger charge is 2.23. The Bertz CT molecular complexity index is 809. The zero-order chi connectivity index (χ0) is 20.1. The molecule has 2 aromatic carbocycles. The van der Waals surface area contributed by atoms with Crippen LogP contribution in [-0.4, -0.2) is 62.1 Å². The number of hydrogen-bond acceptors (Lipinski definition) is 4. The lowest BCUT2D eigenvalue weighted by Gasteiger charge is -2.34. The summed E-state index contributed by atoms with van der Waals surface area (Å²) in [6.45, 7) is 8.50. The van der Waals surface area contributed by atoms with Gasteiger partial charge in [0.2, 0.25) is 0 Å². The maximum Gasteiger partial charge on any atom is 0.257 e. The quantitative estimate of drug-likeness (QED) is 0.737. The Morgan fingerprint density at radius 3 is 2.36 bits per heavy atom. The average Bonchev–Trinajstić information content (AvgIpc) is 2.72. The molecule has 1 heterocycles. The van der Waals surface area contributed by atoms with Gasteiger partial charge in [-0.3, -0.25) is 9.69 Å². The first-order valence-electron chi connectivity index (χ1n) is 9.54. The van der Waals surface area contributed by atoms with Gasteiger partial charge in [0, 0.05) is 37.7 Å². The van der Waals surface area contributed by atoms with Crippen molar-refractivity contribution in [1.29, 1.82) is 0 Å². The highest BCUT2D eigenvalue weighted by molar-refractivity contribution is 6.32. The van der Waals surface area contributed by atoms with Gasteiger partial charge >= 0.3 is 0 Å². The molecule has 28 heavy (non-hydrogen) atoms. The third kappa shape index (κ3) is 4.78. The molecule has 6 heteroatoms. The summed E-state index contributed by atoms with van der Waals surface area (Å²) in [6.07, 6.45) is 0. The molecule has 0 radical (unpaired) electrons. The van der Waals surface area contributed by atoms with E-state index in [1.54, 1.807) is 7.11 Å². The normalized spacial score (nSPS) is 14.8. The van der Waals surface area contributed by atoms with E-state index in [0.717, 1.165) is 41.5 Å². The third-order valence-electron chi connectivity index (χ3n) is 5.08. The number of ether oxygens (including phenoxy) is 2. The van der Waals surface area contributed by atoms with Crippen molar-refractivity contribution in [3.8, 4) is 11.5 Å². The van der Waals surface area contributed by atoms with Gasteiger partial charge < -0.3 is 14.4 Å². The van der Waals surface area contributed by atoms with Crippen LogP contribution in [0.5, 0.6) is 11.5 Å². The summed E-state index contributed by atoms with van der Waals surface area (Å²) in [5, 5.41) is 0.795. The van der Waals surface area contributed by atoms with Gasteiger partial charge in [-0.15, -0.1) is 0 Å². The van der Waals surface area contributed by atoms with Crippen LogP contribution in [0.15, 0.2) is 36.4 Å². The van der Waals surface area contributed by atoms with E-state index < -0.39 is 0 Å². The summed E-state index contributed by atoms with van der Waals surface area (Å²) in [5.74, 6) is 1.50. The van der Waals surface area contributed by atoms with E-state index >= 15 is 0 Å². The fourth-order valence-electron chi connectivity index (χ4n) is 3.45. The van der Waals surface area contributed by atoms with Gasteiger partial charge in [0.05, 0.1) is 12.7 Å². The van der Waals surface area contributed by atoms with Crippen LogP contribution in [0.1, 0.15) is 21.5 Å². The summed E-state index contributed by atoms with van der Waals surface area (Å²) < 4.78 is 11.2. The number of carbonyl (C=O) groups is 1. The molecule has 0 spiro atoms. The van der Waals surface area contributed by atoms with Crippen molar-refractivity contribution in [2.75, 3.05) is 46.4 Å². The SMILES string of the molecule is COc1ccccc1C(=O)N1CCN(CCOc2cc(C)c(Cl)c(C)c2)CC1. The smallest absolute Gasteiger partial charge is 0.257 e. The highest BCUT2D eigenvalue weighted by atomic mass is 35.5. The molecule has 0 N–H and O–H groups in total. The van der Waals surface area contributed by atoms with Gasteiger partial charge in [0.25, 0.3) is 5.91 Å². The van der Waals surface area contributed by atoms with Crippen LogP contribution in [0.3, 0.4) is 0 Å². The largest absolute Gasteiger partial charge is 0.496 e. The highest BCUT2D eigenvalue weighted by Crippen LogP contribution is 2.26. The van der Waals surface area contributed by atoms with Gasteiger partial charge in [0.15, 0.2) is 0 Å². The molecule has 0 saturated carbocycles. The monoisotopic (exact) mass is 402 g/mol. The molecule has 1 fully saturated rings. The van der Waals surface area contributed by atoms with Crippen molar-refractivity contribution < 1.29 is 14.3 Å². The van der Waals surface area contributed by atoms with E-state index in [1.165, 1.54) is 0 Å². The number of nitrogens with zero attached hydrogens (tertiary/aromatic N) is 2. The second-order valence-corrected chi connectivity index (χ2v) is 7.43. The van der Waals surface area contributed by atoms with Crippen LogP contribution in [0.2, 0.25) is 5.02 Å². The Balaban J connectivity index is 1.47. The molecule has 2 aromatic rings. The lowest BCUT2D eigenvalue weighted by atomic mass is 10.1. The predicted octanol–water partition coefficient (Wildman–Crippen LogP) is 3.80. The lowest BCUT2D eigenvalue weighted by Crippen LogP contribution is -2.49. The summed E-state index contributed by atoms with van der Waals surface area (Å²) in [5.41, 5.74) is 2.68. The summed E-state index contributed by atoms with van der Waals surface area (Å²) in [6, 6.07) is 11.3. The summed E-state index contributed by atoms with van der Waals surface area (Å²) >= 11 is 6.20. The van der Waals surface area contributed by atoms with Gasteiger partial charge in [-0.2, -0.15) is 0 Å². The van der Waals surface area contributed by atoms with Crippen molar-refractivity contribution in [1.82, 2.24) is 9.80 Å². The fraction of sp³-hybridized carbons (Fsp3) is 0.409. The van der Waals surface area contributed by atoms with Crippen molar-refractivity contribution >= 4 is 17.5 Å². The number of amides is 1. The standard InChI is InChI=1S/C22H27ClN2O3/c1-16-14-18(15-17(2)21(16)23)28-13-12-24-8-10-25(11-9-24)22(26)19-6-4-5-7-20(19)27-3/h4-7,14-15H,8-13H2,1-3H3. The zero-order valence-electron chi connectivity index (χ0n) is 16.7. The van der Waals surface area contributed by atoms with Crippen LogP contribution in [0.4, 0.5) is 0 Å². The van der Waals surface area contributed by atoms with Gasteiger partial charge in [0.1, 0.15) is 18.1 Å². The Labute approximate surface area is 171 Å². The van der Waals surface area contributed by atoms with Crippen LogP contribution < -0.4 is 9.47 Å². The number of methoxy groups -OCH3 is 1. The molecule has 1 amide bonds. The predicted molar refractivity (Wildman–Crippen MR) is 112 cm³/mol. The maximum absolute atomic E-state index is 12.8. The first-order chi connectivity index (χ1) is 13.5. The minimum Gasteiger partial charge on any atom is -0.496 e. The Morgan fingerprint density at radius 2 is 1.71 bits per heavy atom. The van der Waals surface area contributed by atoms with Gasteiger partial charge in [-0.05, 0) is 49.2 Å². The van der Waals surface area contributed by atoms with Crippen LogP contribution in [0.25, 0.3) is 0 Å². The topological polar surface area (TPSA) is 42.0 Å². The lowest BCUT2D eigenvalue weighted by molar-refractivity contribution is 0.0617. The molecule has 1 aliphatic rings. The van der Waals surface area contributed by atoms with Gasteiger partial charge in [-0.1, -0.05) is 23.7 Å². The molecule has 0 atom stereocenters. The van der Waals surface area contributed by atoms with Crippen molar-refractivity contribution in [3.05, 3.63) is 58.1 Å². The Morgan fingerprint density at radius 1 is 1.07 bits per heavy atom. The number of hydrogen-bond donors (Lipinski definition) is 0. The first kappa shape index (κ1) is 20.5. The maximum atomic E-state index is 12.8. The van der Waals surface area contributed by atoms with Crippen LogP contribution in [0, 0.1) is 13.8 Å². The molecular formula is C22H27ClN2O3. The van der Waals surface area contributed by atoms with E-state index in [-0.39, 0.29) is 5.91 Å². The number of rotatable bonds is 6. The Kier molecular flexibility index (Phi) is 6.81. The number of piperazine rings is 1. The van der Waals surface area contributed by atoms with Crippen LogP contribution in [-0.2, 0) is 0 Å². The molecule has 0 aliphatic carbocycles. The number of carbonyl (C=O) groups excluding carboxylic acids is 1. The van der Waals surface area contributed by atoms with E-state index in [9.17, 15) is 4.79 Å². The molecule has 5 nitrogen and oxygen atoms in total. The first-order valence-corrected chi connectivity index (χ1v) is 9.91. The van der Waals surface area contributed by atoms with E-state index in [0.29, 0.717) is 31.0 Å². The number of aryl methyl sites for hydroxylation is 2. The molecule has 0 unspecified atom stereocenters. The van der Waals surface area contributed by atoms with E-state index in [4.69, 9.17) is 21.1 Å². The van der Waals surface area contributed by atoms with Gasteiger partial charge in [-0.25, -0.2) is 0 Å². The van der Waals surface area contributed by atoms with Crippen molar-refractivity contribution in [2.24, 2.45) is 0 Å². The molecular weight excluding hydrogens is 376 g/mol. The van der Waals surface area contributed by atoms with Crippen LogP contribution >= 0.6 is 11.6 Å². The van der Waals surface area contributed by atoms with E-state index in [2.05, 4.69) is 4.90 Å². The number of halogens is 1. The molecule has 1 saturated heterocycles. The summed E-state index contributed by atoms with van der Waals surface area (Å²) in [4.78, 5) is 17.0. The second kappa shape index (κ2) is 9.30. The van der Waals surface area contributed by atoms with Crippen molar-refractivity contribution in [2.45, 2.75) is 13.8 Å².